The van der Waals surface area contributed by atoms with E-state index in [0.717, 1.165) is 0 Å². The number of fused-ring (bicyclic) bond motifs is 1. The second kappa shape index (κ2) is 4.54. The van der Waals surface area contributed by atoms with Gasteiger partial charge in [-0.2, -0.15) is 0 Å². The summed E-state index contributed by atoms with van der Waals surface area (Å²) in [5, 5.41) is 12.0. The third kappa shape index (κ3) is 2.23. The Morgan fingerprint density at radius 2 is 2.29 bits per heavy atom. The second-order valence-corrected chi connectivity index (χ2v) is 5.97. The highest BCUT2D eigenvalue weighted by atomic mass is 32.2. The molecular weight excluding hydrogens is 242 g/mol. The van der Waals surface area contributed by atoms with Gasteiger partial charge >= 0.3 is 0 Å². The van der Waals surface area contributed by atoms with Crippen molar-refractivity contribution in [2.24, 2.45) is 0 Å². The molecule has 5 nitrogen and oxygen atoms in total. The number of rotatable bonds is 3. The monoisotopic (exact) mass is 257 g/mol. The molecule has 0 saturated carbocycles. The Hall–Kier alpha value is -1.27. The lowest BCUT2D eigenvalue weighted by Crippen LogP contribution is -2.35. The number of aliphatic hydroxyl groups excluding tert-OH is 1. The van der Waals surface area contributed by atoms with Crippen molar-refractivity contribution in [1.29, 1.82) is 0 Å². The summed E-state index contributed by atoms with van der Waals surface area (Å²) in [5.41, 5.74) is 0.500. The number of ether oxygens (including phenoxy) is 1. The molecular formula is C11H15NO4S. The zero-order chi connectivity index (χ0) is 12.5. The summed E-state index contributed by atoms with van der Waals surface area (Å²) in [6, 6.07) is 4.66. The molecule has 6 heteroatoms. The highest BCUT2D eigenvalue weighted by Gasteiger charge is 2.31. The van der Waals surface area contributed by atoms with E-state index in [1.165, 1.54) is 7.11 Å². The van der Waals surface area contributed by atoms with Gasteiger partial charge < -0.3 is 15.2 Å². The molecule has 1 aromatic rings. The number of methoxy groups -OCH3 is 1. The molecule has 1 heterocycles. The molecule has 0 saturated heterocycles. The van der Waals surface area contributed by atoms with E-state index < -0.39 is 9.84 Å². The van der Waals surface area contributed by atoms with Crippen molar-refractivity contribution in [1.82, 2.24) is 0 Å². The predicted octanol–water partition coefficient (Wildman–Crippen LogP) is 0.645. The Bertz CT molecular complexity index is 512. The van der Waals surface area contributed by atoms with Gasteiger partial charge in [-0.1, -0.05) is 6.07 Å². The first-order valence-electron chi connectivity index (χ1n) is 5.35. The number of hydrogen-bond donors (Lipinski definition) is 2. The van der Waals surface area contributed by atoms with Crippen molar-refractivity contribution in [3.8, 4) is 5.75 Å². The zero-order valence-electron chi connectivity index (χ0n) is 9.51. The van der Waals surface area contributed by atoms with Crippen molar-refractivity contribution in [2.75, 3.05) is 24.8 Å². The molecule has 94 valence electrons. The largest absolute Gasteiger partial charge is 0.495 e. The van der Waals surface area contributed by atoms with Crippen molar-refractivity contribution >= 4 is 15.5 Å². The van der Waals surface area contributed by atoms with Gasteiger partial charge in [0.15, 0.2) is 9.84 Å². The first-order valence-corrected chi connectivity index (χ1v) is 7.01. The first kappa shape index (κ1) is 12.2. The quantitative estimate of drug-likeness (QED) is 0.831. The molecule has 0 radical (unpaired) electrons. The maximum atomic E-state index is 12.0. The zero-order valence-corrected chi connectivity index (χ0v) is 10.3. The molecule has 0 bridgehead atoms. The van der Waals surface area contributed by atoms with Gasteiger partial charge in [0.1, 0.15) is 5.75 Å². The molecule has 1 aliphatic rings. The van der Waals surface area contributed by atoms with E-state index in [1.807, 2.05) is 0 Å². The number of nitrogens with one attached hydrogen (secondary N) is 1. The molecule has 0 spiro atoms. The Balaban J connectivity index is 2.49. The fourth-order valence-electron chi connectivity index (χ4n) is 1.99. The Morgan fingerprint density at radius 1 is 1.53 bits per heavy atom. The third-order valence-electron chi connectivity index (χ3n) is 2.79. The molecule has 2 N–H and O–H groups in total. The number of sulfone groups is 1. The van der Waals surface area contributed by atoms with E-state index >= 15 is 0 Å². The molecule has 0 aliphatic carbocycles. The fourth-order valence-corrected chi connectivity index (χ4v) is 3.71. The van der Waals surface area contributed by atoms with Crippen LogP contribution in [0.15, 0.2) is 23.1 Å². The standard InChI is InChI=1S/C11H15NO4S/c1-16-9-3-2-4-10-11(9)12-8(5-6-13)7-17(10,14)15/h2-4,8,12-13H,5-7H2,1H3. The lowest BCUT2D eigenvalue weighted by Gasteiger charge is -2.27. The molecule has 0 fully saturated rings. The van der Waals surface area contributed by atoms with Gasteiger partial charge in [0.05, 0.1) is 23.4 Å². The maximum Gasteiger partial charge on any atom is 0.182 e. The minimum absolute atomic E-state index is 0.00767. The minimum Gasteiger partial charge on any atom is -0.495 e. The van der Waals surface area contributed by atoms with Gasteiger partial charge in [0, 0.05) is 12.6 Å². The number of para-hydroxylation sites is 1. The lowest BCUT2D eigenvalue weighted by molar-refractivity contribution is 0.281. The SMILES string of the molecule is COc1cccc2c1NC(CCO)CS2(=O)=O. The highest BCUT2D eigenvalue weighted by Crippen LogP contribution is 2.36. The van der Waals surface area contributed by atoms with Gasteiger partial charge in [-0.3, -0.25) is 0 Å². The van der Waals surface area contributed by atoms with E-state index in [2.05, 4.69) is 5.32 Å². The topological polar surface area (TPSA) is 75.6 Å². The van der Waals surface area contributed by atoms with Crippen molar-refractivity contribution in [2.45, 2.75) is 17.4 Å². The van der Waals surface area contributed by atoms with E-state index in [0.29, 0.717) is 17.9 Å². The summed E-state index contributed by atoms with van der Waals surface area (Å²) in [5.74, 6) is 0.516. The van der Waals surface area contributed by atoms with Crippen LogP contribution in [0.1, 0.15) is 6.42 Å². The summed E-state index contributed by atoms with van der Waals surface area (Å²) < 4.78 is 29.2. The van der Waals surface area contributed by atoms with Gasteiger partial charge in [-0.15, -0.1) is 0 Å². The fraction of sp³-hybridized carbons (Fsp3) is 0.455. The molecule has 17 heavy (non-hydrogen) atoms. The van der Waals surface area contributed by atoms with Crippen LogP contribution in [-0.2, 0) is 9.84 Å². The first-order chi connectivity index (χ1) is 8.08. The van der Waals surface area contributed by atoms with Crippen LogP contribution < -0.4 is 10.1 Å². The third-order valence-corrected chi connectivity index (χ3v) is 4.64. The molecule has 1 atom stereocenters. The predicted molar refractivity (Wildman–Crippen MR) is 64.2 cm³/mol. The number of hydrogen-bond acceptors (Lipinski definition) is 5. The molecule has 0 aromatic heterocycles. The Morgan fingerprint density at radius 3 is 2.94 bits per heavy atom. The van der Waals surface area contributed by atoms with Crippen LogP contribution in [0.25, 0.3) is 0 Å². The van der Waals surface area contributed by atoms with Gasteiger partial charge in [0.25, 0.3) is 0 Å². The maximum absolute atomic E-state index is 12.0. The van der Waals surface area contributed by atoms with Gasteiger partial charge in [-0.05, 0) is 18.6 Å². The van der Waals surface area contributed by atoms with Gasteiger partial charge in [-0.25, -0.2) is 8.42 Å². The Labute approximate surface area is 100 Å². The molecule has 1 unspecified atom stereocenters. The highest BCUT2D eigenvalue weighted by molar-refractivity contribution is 7.91. The summed E-state index contributed by atoms with van der Waals surface area (Å²) in [4.78, 5) is 0.269. The van der Waals surface area contributed by atoms with E-state index in [-0.39, 0.29) is 23.3 Å². The Kier molecular flexibility index (Phi) is 3.26. The normalized spacial score (nSPS) is 21.4. The van der Waals surface area contributed by atoms with Crippen molar-refractivity contribution in [3.63, 3.8) is 0 Å². The molecule has 1 aromatic carbocycles. The average molecular weight is 257 g/mol. The molecule has 2 rings (SSSR count). The summed E-state index contributed by atoms with van der Waals surface area (Å²) in [6.45, 7) is -0.0440. The van der Waals surface area contributed by atoms with Crippen LogP contribution in [0, 0.1) is 0 Å². The van der Waals surface area contributed by atoms with E-state index in [4.69, 9.17) is 9.84 Å². The number of benzene rings is 1. The van der Waals surface area contributed by atoms with Crippen molar-refractivity contribution < 1.29 is 18.3 Å². The van der Waals surface area contributed by atoms with Crippen LogP contribution >= 0.6 is 0 Å². The van der Waals surface area contributed by atoms with E-state index in [1.54, 1.807) is 18.2 Å². The molecule has 0 amide bonds. The van der Waals surface area contributed by atoms with Crippen LogP contribution in [0.2, 0.25) is 0 Å². The van der Waals surface area contributed by atoms with E-state index in [9.17, 15) is 8.42 Å². The summed E-state index contributed by atoms with van der Waals surface area (Å²) >= 11 is 0. The van der Waals surface area contributed by atoms with Crippen molar-refractivity contribution in [3.05, 3.63) is 18.2 Å². The number of anilines is 1. The summed E-state index contributed by atoms with van der Waals surface area (Å²) in [6.07, 6.45) is 0.400. The second-order valence-electron chi connectivity index (χ2n) is 3.97. The van der Waals surface area contributed by atoms with Crippen LogP contribution in [-0.4, -0.2) is 39.0 Å². The van der Waals surface area contributed by atoms with Crippen LogP contribution in [0.3, 0.4) is 0 Å². The average Bonchev–Trinajstić information content (AvgIpc) is 2.28. The van der Waals surface area contributed by atoms with Crippen LogP contribution in [0.4, 0.5) is 5.69 Å². The number of aliphatic hydroxyl groups is 1. The molecule has 1 aliphatic heterocycles. The minimum atomic E-state index is -3.30. The summed E-state index contributed by atoms with van der Waals surface area (Å²) in [7, 11) is -1.80. The van der Waals surface area contributed by atoms with Crippen LogP contribution in [0.5, 0.6) is 5.75 Å². The smallest absolute Gasteiger partial charge is 0.182 e. The van der Waals surface area contributed by atoms with Gasteiger partial charge in [0.2, 0.25) is 0 Å². The lowest BCUT2D eigenvalue weighted by atomic mass is 10.2.